The van der Waals surface area contributed by atoms with Crippen molar-refractivity contribution in [2.75, 3.05) is 44.2 Å². The average Bonchev–Trinajstić information content (AvgIpc) is 3.43. The molecular formula is C29H29ClN6O2. The van der Waals surface area contributed by atoms with Crippen molar-refractivity contribution >= 4 is 40.8 Å². The summed E-state index contributed by atoms with van der Waals surface area (Å²) < 4.78 is 0. The van der Waals surface area contributed by atoms with Crippen molar-refractivity contribution in [3.05, 3.63) is 95.9 Å². The molecule has 0 atom stereocenters. The number of rotatable bonds is 7. The number of carbonyl (C=O) groups excluding carboxylic acids is 2. The van der Waals surface area contributed by atoms with E-state index in [0.29, 0.717) is 30.0 Å². The highest BCUT2D eigenvalue weighted by atomic mass is 35.5. The van der Waals surface area contributed by atoms with Gasteiger partial charge in [-0.25, -0.2) is 4.98 Å². The Balaban J connectivity index is 0.00000336. The summed E-state index contributed by atoms with van der Waals surface area (Å²) in [6.07, 6.45) is 4.34. The van der Waals surface area contributed by atoms with Crippen molar-refractivity contribution in [2.24, 2.45) is 0 Å². The minimum absolute atomic E-state index is 0. The van der Waals surface area contributed by atoms with E-state index in [1.54, 1.807) is 17.2 Å². The van der Waals surface area contributed by atoms with Crippen molar-refractivity contribution in [3.8, 4) is 6.07 Å². The first-order valence-corrected chi connectivity index (χ1v) is 12.4. The third-order valence-corrected chi connectivity index (χ3v) is 6.79. The third kappa shape index (κ3) is 6.20. The average molecular weight is 529 g/mol. The highest BCUT2D eigenvalue weighted by Crippen LogP contribution is 2.20. The molecule has 38 heavy (non-hydrogen) atoms. The number of piperazine rings is 1. The number of pyridine rings is 1. The number of nitriles is 1. The van der Waals surface area contributed by atoms with E-state index in [1.165, 1.54) is 0 Å². The van der Waals surface area contributed by atoms with Gasteiger partial charge in [-0.2, -0.15) is 5.26 Å². The van der Waals surface area contributed by atoms with Gasteiger partial charge in [0.15, 0.2) is 0 Å². The Bertz CT molecular complexity index is 1440. The van der Waals surface area contributed by atoms with E-state index in [2.05, 4.69) is 20.9 Å². The second-order valence-electron chi connectivity index (χ2n) is 9.14. The monoisotopic (exact) mass is 528 g/mol. The van der Waals surface area contributed by atoms with Crippen LogP contribution in [0.5, 0.6) is 0 Å². The van der Waals surface area contributed by atoms with Crippen LogP contribution in [0.15, 0.2) is 79.1 Å². The van der Waals surface area contributed by atoms with E-state index in [0.717, 1.165) is 42.5 Å². The number of amides is 2. The summed E-state index contributed by atoms with van der Waals surface area (Å²) in [4.78, 5) is 39.8. The highest BCUT2D eigenvalue weighted by Gasteiger charge is 2.26. The molecule has 2 aromatic heterocycles. The fourth-order valence-corrected chi connectivity index (χ4v) is 4.66. The van der Waals surface area contributed by atoms with Crippen LogP contribution < -0.4 is 4.90 Å². The van der Waals surface area contributed by atoms with Crippen LogP contribution in [0.25, 0.3) is 10.9 Å². The number of benzene rings is 2. The summed E-state index contributed by atoms with van der Waals surface area (Å²) in [5.74, 6) is -0.269. The van der Waals surface area contributed by atoms with Crippen molar-refractivity contribution in [2.45, 2.75) is 6.42 Å². The normalized spacial score (nSPS) is 13.5. The van der Waals surface area contributed by atoms with Crippen molar-refractivity contribution in [1.82, 2.24) is 19.8 Å². The van der Waals surface area contributed by atoms with Crippen LogP contribution >= 0.6 is 12.4 Å². The molecule has 194 valence electrons. The number of anilines is 1. The summed E-state index contributed by atoms with van der Waals surface area (Å²) >= 11 is 0. The summed E-state index contributed by atoms with van der Waals surface area (Å²) in [5.41, 5.74) is 3.63. The highest BCUT2D eigenvalue weighted by molar-refractivity contribution is 6.10. The number of aromatic nitrogens is 2. The maximum Gasteiger partial charge on any atom is 0.258 e. The number of fused-ring (bicyclic) bond motifs is 1. The zero-order valence-electron chi connectivity index (χ0n) is 20.9. The third-order valence-electron chi connectivity index (χ3n) is 6.79. The zero-order chi connectivity index (χ0) is 25.6. The van der Waals surface area contributed by atoms with Gasteiger partial charge in [-0.05, 0) is 59.8 Å². The quantitative estimate of drug-likeness (QED) is 0.392. The van der Waals surface area contributed by atoms with Gasteiger partial charge in [-0.3, -0.25) is 19.4 Å². The number of hydrogen-bond acceptors (Lipinski definition) is 5. The first-order valence-electron chi connectivity index (χ1n) is 12.4. The lowest BCUT2D eigenvalue weighted by atomic mass is 10.1. The van der Waals surface area contributed by atoms with E-state index >= 15 is 0 Å². The standard InChI is InChI=1S/C29H28N6O2.ClH/c30-20-25-18-22(8-11-31-25)10-13-33-14-16-34(17-15-33)28(36)21-35(26-4-2-1-3-5-26)29(37)24-7-6-23-9-12-32-27(23)19-24;/h1-9,11-12,18-19,32H,10,13-17,21H2;1H. The molecule has 0 bridgehead atoms. The van der Waals surface area contributed by atoms with Crippen LogP contribution in [-0.4, -0.2) is 70.9 Å². The molecule has 3 heterocycles. The molecule has 2 aromatic carbocycles. The number of para-hydroxylation sites is 1. The Morgan fingerprint density at radius 1 is 1.00 bits per heavy atom. The second-order valence-corrected chi connectivity index (χ2v) is 9.14. The molecular weight excluding hydrogens is 500 g/mol. The maximum atomic E-state index is 13.6. The van der Waals surface area contributed by atoms with Gasteiger partial charge in [0.2, 0.25) is 5.91 Å². The molecule has 1 aliphatic heterocycles. The second kappa shape index (κ2) is 12.4. The Labute approximate surface area is 227 Å². The summed E-state index contributed by atoms with van der Waals surface area (Å²) in [6.45, 7) is 3.61. The molecule has 0 saturated carbocycles. The molecule has 9 heteroatoms. The summed E-state index contributed by atoms with van der Waals surface area (Å²) in [7, 11) is 0. The molecule has 2 amide bonds. The van der Waals surface area contributed by atoms with Gasteiger partial charge in [0.25, 0.3) is 5.91 Å². The molecule has 4 aromatic rings. The Morgan fingerprint density at radius 2 is 1.79 bits per heavy atom. The van der Waals surface area contributed by atoms with Crippen LogP contribution in [0.3, 0.4) is 0 Å². The minimum Gasteiger partial charge on any atom is -0.361 e. The van der Waals surface area contributed by atoms with Crippen LogP contribution in [0.1, 0.15) is 21.6 Å². The summed E-state index contributed by atoms with van der Waals surface area (Å²) in [6, 6.07) is 22.7. The molecule has 1 N–H and O–H groups in total. The Morgan fingerprint density at radius 3 is 2.55 bits per heavy atom. The topological polar surface area (TPSA) is 96.3 Å². The van der Waals surface area contributed by atoms with Gasteiger partial charge in [0, 0.05) is 61.9 Å². The van der Waals surface area contributed by atoms with E-state index in [1.807, 2.05) is 71.8 Å². The summed E-state index contributed by atoms with van der Waals surface area (Å²) in [5, 5.41) is 10.1. The molecule has 5 rings (SSSR count). The molecule has 0 radical (unpaired) electrons. The van der Waals surface area contributed by atoms with Gasteiger partial charge in [-0.15, -0.1) is 12.4 Å². The molecule has 0 aliphatic carbocycles. The van der Waals surface area contributed by atoms with Gasteiger partial charge in [-0.1, -0.05) is 24.3 Å². The van der Waals surface area contributed by atoms with E-state index in [9.17, 15) is 9.59 Å². The lowest BCUT2D eigenvalue weighted by Crippen LogP contribution is -2.52. The van der Waals surface area contributed by atoms with E-state index < -0.39 is 0 Å². The van der Waals surface area contributed by atoms with Crippen LogP contribution in [0.4, 0.5) is 5.69 Å². The Kier molecular flexibility index (Phi) is 8.74. The molecule has 0 unspecified atom stereocenters. The van der Waals surface area contributed by atoms with E-state index in [-0.39, 0.29) is 30.8 Å². The maximum absolute atomic E-state index is 13.6. The predicted molar refractivity (Wildman–Crippen MR) is 149 cm³/mol. The van der Waals surface area contributed by atoms with Crippen LogP contribution in [-0.2, 0) is 11.2 Å². The number of hydrogen-bond donors (Lipinski definition) is 1. The number of H-pyrrole nitrogens is 1. The molecule has 1 saturated heterocycles. The largest absolute Gasteiger partial charge is 0.361 e. The number of aromatic amines is 1. The lowest BCUT2D eigenvalue weighted by Gasteiger charge is -2.36. The van der Waals surface area contributed by atoms with Gasteiger partial charge < -0.3 is 9.88 Å². The fourth-order valence-electron chi connectivity index (χ4n) is 4.66. The number of nitrogens with one attached hydrogen (secondary N) is 1. The first kappa shape index (κ1) is 26.9. The van der Waals surface area contributed by atoms with Crippen molar-refractivity contribution in [1.29, 1.82) is 5.26 Å². The lowest BCUT2D eigenvalue weighted by molar-refractivity contribution is -0.131. The molecule has 0 spiro atoms. The fraction of sp³-hybridized carbons (Fsp3) is 0.241. The van der Waals surface area contributed by atoms with Crippen molar-refractivity contribution < 1.29 is 9.59 Å². The Hall–Kier alpha value is -4.19. The zero-order valence-corrected chi connectivity index (χ0v) is 21.7. The van der Waals surface area contributed by atoms with Crippen LogP contribution in [0, 0.1) is 11.3 Å². The smallest absolute Gasteiger partial charge is 0.258 e. The minimum atomic E-state index is -0.205. The van der Waals surface area contributed by atoms with Gasteiger partial charge >= 0.3 is 0 Å². The van der Waals surface area contributed by atoms with Gasteiger partial charge in [0.1, 0.15) is 18.3 Å². The van der Waals surface area contributed by atoms with Gasteiger partial charge in [0.05, 0.1) is 0 Å². The van der Waals surface area contributed by atoms with Crippen LogP contribution in [0.2, 0.25) is 0 Å². The molecule has 1 fully saturated rings. The first-order chi connectivity index (χ1) is 18.1. The SMILES string of the molecule is Cl.N#Cc1cc(CCN2CCN(C(=O)CN(C(=O)c3ccc4cc[nH]c4c3)c3ccccc3)CC2)ccn1. The molecule has 1 aliphatic rings. The number of nitrogens with zero attached hydrogens (tertiary/aromatic N) is 5. The van der Waals surface area contributed by atoms with Crippen molar-refractivity contribution in [3.63, 3.8) is 0 Å². The number of halogens is 1. The molecule has 8 nitrogen and oxygen atoms in total. The van der Waals surface area contributed by atoms with E-state index in [4.69, 9.17) is 5.26 Å². The predicted octanol–water partition coefficient (Wildman–Crippen LogP) is 3.89. The number of carbonyl (C=O) groups is 2.